The summed E-state index contributed by atoms with van der Waals surface area (Å²) in [5.74, 6) is 1.63. The Morgan fingerprint density at radius 3 is 2.48 bits per heavy atom. The number of nitrogens with zero attached hydrogens (tertiary/aromatic N) is 1. The van der Waals surface area contributed by atoms with E-state index in [2.05, 4.69) is 5.32 Å². The minimum atomic E-state index is 0.0977. The second kappa shape index (κ2) is 7.46. The van der Waals surface area contributed by atoms with Gasteiger partial charge < -0.3 is 15.0 Å². The molecular formula is C17H26N2O2. The van der Waals surface area contributed by atoms with E-state index in [1.165, 1.54) is 0 Å². The lowest BCUT2D eigenvalue weighted by molar-refractivity contribution is -0.134. The van der Waals surface area contributed by atoms with E-state index in [0.29, 0.717) is 5.92 Å². The van der Waals surface area contributed by atoms with Crippen molar-refractivity contribution in [2.45, 2.75) is 26.7 Å². The summed E-state index contributed by atoms with van der Waals surface area (Å²) in [5, 5.41) is 3.21. The molecular weight excluding hydrogens is 264 g/mol. The fraction of sp³-hybridized carbons (Fsp3) is 0.588. The summed E-state index contributed by atoms with van der Waals surface area (Å²) < 4.78 is 5.75. The van der Waals surface area contributed by atoms with Crippen LogP contribution in [0.1, 0.15) is 24.0 Å². The van der Waals surface area contributed by atoms with Crippen molar-refractivity contribution in [1.29, 1.82) is 0 Å². The summed E-state index contributed by atoms with van der Waals surface area (Å²) >= 11 is 0. The first-order chi connectivity index (χ1) is 10.1. The topological polar surface area (TPSA) is 41.6 Å². The highest BCUT2D eigenvalue weighted by atomic mass is 16.5. The van der Waals surface area contributed by atoms with Gasteiger partial charge >= 0.3 is 0 Å². The molecule has 0 bridgehead atoms. The zero-order valence-corrected chi connectivity index (χ0v) is 13.3. The molecule has 1 heterocycles. The van der Waals surface area contributed by atoms with Crippen LogP contribution in [0.4, 0.5) is 0 Å². The molecule has 0 unspecified atom stereocenters. The molecule has 1 aliphatic rings. The van der Waals surface area contributed by atoms with Crippen LogP contribution in [-0.4, -0.2) is 44.1 Å². The van der Waals surface area contributed by atoms with E-state index < -0.39 is 0 Å². The number of carbonyl (C=O) groups excluding carboxylic acids is 1. The van der Waals surface area contributed by atoms with Gasteiger partial charge in [0.15, 0.2) is 6.61 Å². The maximum Gasteiger partial charge on any atom is 0.260 e. The van der Waals surface area contributed by atoms with Crippen LogP contribution in [-0.2, 0) is 4.79 Å². The summed E-state index contributed by atoms with van der Waals surface area (Å²) in [4.78, 5) is 14.2. The lowest BCUT2D eigenvalue weighted by Gasteiger charge is -2.32. The van der Waals surface area contributed by atoms with E-state index in [1.54, 1.807) is 0 Å². The second-order valence-electron chi connectivity index (χ2n) is 5.89. The van der Waals surface area contributed by atoms with Crippen molar-refractivity contribution in [3.05, 3.63) is 29.3 Å². The molecule has 1 N–H and O–H groups in total. The minimum absolute atomic E-state index is 0.0977. The molecule has 0 radical (unpaired) electrons. The van der Waals surface area contributed by atoms with Crippen molar-refractivity contribution in [3.63, 3.8) is 0 Å². The van der Waals surface area contributed by atoms with Crippen LogP contribution in [0, 0.1) is 19.8 Å². The number of para-hydroxylation sites is 1. The number of piperidine rings is 1. The Morgan fingerprint density at radius 1 is 1.29 bits per heavy atom. The molecule has 0 aromatic heterocycles. The number of aryl methyl sites for hydroxylation is 2. The second-order valence-corrected chi connectivity index (χ2v) is 5.89. The number of likely N-dealkylation sites (tertiary alicyclic amines) is 1. The Bertz CT molecular complexity index is 459. The molecule has 1 fully saturated rings. The highest BCUT2D eigenvalue weighted by molar-refractivity contribution is 5.78. The number of ether oxygens (including phenoxy) is 1. The Balaban J connectivity index is 1.83. The smallest absolute Gasteiger partial charge is 0.260 e. The molecule has 1 aromatic carbocycles. The van der Waals surface area contributed by atoms with Crippen molar-refractivity contribution < 1.29 is 9.53 Å². The van der Waals surface area contributed by atoms with Crippen LogP contribution in [0.3, 0.4) is 0 Å². The van der Waals surface area contributed by atoms with Crippen molar-refractivity contribution in [2.24, 2.45) is 5.92 Å². The van der Waals surface area contributed by atoms with E-state index in [1.807, 2.05) is 44.0 Å². The molecule has 0 spiro atoms. The number of carbonyl (C=O) groups is 1. The van der Waals surface area contributed by atoms with Gasteiger partial charge in [-0.2, -0.15) is 0 Å². The first-order valence-corrected chi connectivity index (χ1v) is 7.73. The third-order valence-electron chi connectivity index (χ3n) is 4.21. The van der Waals surface area contributed by atoms with Crippen LogP contribution in [0.25, 0.3) is 0 Å². The van der Waals surface area contributed by atoms with Crippen LogP contribution >= 0.6 is 0 Å². The fourth-order valence-corrected chi connectivity index (χ4v) is 2.93. The quantitative estimate of drug-likeness (QED) is 0.903. The van der Waals surface area contributed by atoms with Gasteiger partial charge in [0.2, 0.25) is 0 Å². The molecule has 0 aliphatic carbocycles. The Kier molecular flexibility index (Phi) is 5.62. The van der Waals surface area contributed by atoms with E-state index in [4.69, 9.17) is 4.74 Å². The SMILES string of the molecule is CNCC1CCN(C(=O)COc2c(C)cccc2C)CC1. The van der Waals surface area contributed by atoms with Gasteiger partial charge in [-0.1, -0.05) is 18.2 Å². The summed E-state index contributed by atoms with van der Waals surface area (Å²) in [5.41, 5.74) is 2.16. The minimum Gasteiger partial charge on any atom is -0.483 e. The zero-order chi connectivity index (χ0) is 15.2. The van der Waals surface area contributed by atoms with Gasteiger partial charge in [0.1, 0.15) is 5.75 Å². The normalized spacial score (nSPS) is 16.0. The fourth-order valence-electron chi connectivity index (χ4n) is 2.93. The summed E-state index contributed by atoms with van der Waals surface area (Å²) in [6.07, 6.45) is 2.16. The summed E-state index contributed by atoms with van der Waals surface area (Å²) in [7, 11) is 1.98. The number of amides is 1. The highest BCUT2D eigenvalue weighted by Crippen LogP contribution is 2.22. The third kappa shape index (κ3) is 4.21. The molecule has 1 saturated heterocycles. The van der Waals surface area contributed by atoms with Gasteiger partial charge in [0, 0.05) is 13.1 Å². The van der Waals surface area contributed by atoms with Crippen LogP contribution in [0.15, 0.2) is 18.2 Å². The predicted molar refractivity (Wildman–Crippen MR) is 84.6 cm³/mol. The average molecular weight is 290 g/mol. The molecule has 116 valence electrons. The van der Waals surface area contributed by atoms with Crippen LogP contribution in [0.2, 0.25) is 0 Å². The molecule has 2 rings (SSSR count). The van der Waals surface area contributed by atoms with Crippen molar-refractivity contribution in [3.8, 4) is 5.75 Å². The molecule has 4 heteroatoms. The number of rotatable bonds is 5. The number of hydrogen-bond acceptors (Lipinski definition) is 3. The Hall–Kier alpha value is -1.55. The molecule has 21 heavy (non-hydrogen) atoms. The molecule has 1 amide bonds. The van der Waals surface area contributed by atoms with E-state index in [-0.39, 0.29) is 12.5 Å². The largest absolute Gasteiger partial charge is 0.483 e. The van der Waals surface area contributed by atoms with Crippen molar-refractivity contribution in [1.82, 2.24) is 10.2 Å². The van der Waals surface area contributed by atoms with Gasteiger partial charge in [-0.25, -0.2) is 0 Å². The van der Waals surface area contributed by atoms with Gasteiger partial charge in [0.25, 0.3) is 5.91 Å². The molecule has 0 saturated carbocycles. The van der Waals surface area contributed by atoms with Crippen molar-refractivity contribution >= 4 is 5.91 Å². The Labute approximate surface area is 127 Å². The standard InChI is InChI=1S/C17H26N2O2/c1-13-5-4-6-14(2)17(13)21-12-16(20)19-9-7-15(8-10-19)11-18-3/h4-6,15,18H,7-12H2,1-3H3. The lowest BCUT2D eigenvalue weighted by Crippen LogP contribution is -2.42. The first-order valence-electron chi connectivity index (χ1n) is 7.73. The zero-order valence-electron chi connectivity index (χ0n) is 13.3. The van der Waals surface area contributed by atoms with Gasteiger partial charge in [-0.05, 0) is 57.3 Å². The molecule has 1 aromatic rings. The van der Waals surface area contributed by atoms with E-state index >= 15 is 0 Å². The highest BCUT2D eigenvalue weighted by Gasteiger charge is 2.22. The lowest BCUT2D eigenvalue weighted by atomic mass is 9.97. The van der Waals surface area contributed by atoms with E-state index in [0.717, 1.165) is 49.4 Å². The number of benzene rings is 1. The molecule has 4 nitrogen and oxygen atoms in total. The summed E-state index contributed by atoms with van der Waals surface area (Å²) in [6.45, 7) is 6.90. The number of nitrogens with one attached hydrogen (secondary N) is 1. The first kappa shape index (κ1) is 15.8. The van der Waals surface area contributed by atoms with Gasteiger partial charge in [-0.15, -0.1) is 0 Å². The van der Waals surface area contributed by atoms with Gasteiger partial charge in [-0.3, -0.25) is 4.79 Å². The maximum absolute atomic E-state index is 12.2. The predicted octanol–water partition coefficient (Wildman–Crippen LogP) is 2.14. The molecule has 0 atom stereocenters. The molecule has 1 aliphatic heterocycles. The number of hydrogen-bond donors (Lipinski definition) is 1. The monoisotopic (exact) mass is 290 g/mol. The van der Waals surface area contributed by atoms with Crippen LogP contribution < -0.4 is 10.1 Å². The van der Waals surface area contributed by atoms with E-state index in [9.17, 15) is 4.79 Å². The maximum atomic E-state index is 12.2. The summed E-state index contributed by atoms with van der Waals surface area (Å²) in [6, 6.07) is 6.03. The Morgan fingerprint density at radius 2 is 1.90 bits per heavy atom. The van der Waals surface area contributed by atoms with Gasteiger partial charge in [0.05, 0.1) is 0 Å². The van der Waals surface area contributed by atoms with Crippen LogP contribution in [0.5, 0.6) is 5.75 Å². The third-order valence-corrected chi connectivity index (χ3v) is 4.21. The average Bonchev–Trinajstić information content (AvgIpc) is 2.47. The van der Waals surface area contributed by atoms with Crippen molar-refractivity contribution in [2.75, 3.05) is 33.3 Å².